The molecule has 1 heterocycles. The van der Waals surface area contributed by atoms with Gasteiger partial charge >= 0.3 is 6.09 Å². The number of benzene rings is 1. The summed E-state index contributed by atoms with van der Waals surface area (Å²) in [4.78, 5) is 37.8. The summed E-state index contributed by atoms with van der Waals surface area (Å²) in [5.74, 6) is -0.104. The molecule has 2 N–H and O–H groups in total. The highest BCUT2D eigenvalue weighted by Gasteiger charge is 2.28. The zero-order valence-corrected chi connectivity index (χ0v) is 16.4. The molecule has 8 heteroatoms. The van der Waals surface area contributed by atoms with Crippen LogP contribution in [0.4, 0.5) is 16.2 Å². The molecule has 148 valence electrons. The Labute approximate surface area is 159 Å². The fourth-order valence-corrected chi connectivity index (χ4v) is 2.44. The van der Waals surface area contributed by atoms with E-state index < -0.39 is 11.7 Å². The molecule has 0 saturated heterocycles. The number of rotatable bonds is 5. The van der Waals surface area contributed by atoms with Crippen LogP contribution in [0.25, 0.3) is 0 Å². The summed E-state index contributed by atoms with van der Waals surface area (Å²) in [6, 6.07) is 4.91. The van der Waals surface area contributed by atoms with Gasteiger partial charge in [0.05, 0.1) is 5.69 Å². The second kappa shape index (κ2) is 8.28. The van der Waals surface area contributed by atoms with Crippen LogP contribution in [0.5, 0.6) is 5.75 Å². The first kappa shape index (κ1) is 20.5. The SMILES string of the molecule is CCC(C)NC(=O)CN1C(=O)COc2ccc(NC(=O)OC(C)(C)C)cc21. The van der Waals surface area contributed by atoms with E-state index in [1.54, 1.807) is 39.0 Å². The quantitative estimate of drug-likeness (QED) is 0.822. The van der Waals surface area contributed by atoms with Crippen LogP contribution in [0.1, 0.15) is 41.0 Å². The van der Waals surface area contributed by atoms with Crippen molar-refractivity contribution in [2.45, 2.75) is 52.7 Å². The van der Waals surface area contributed by atoms with Crippen molar-refractivity contribution in [1.82, 2.24) is 5.32 Å². The molecule has 27 heavy (non-hydrogen) atoms. The number of nitrogens with zero attached hydrogens (tertiary/aromatic N) is 1. The van der Waals surface area contributed by atoms with Crippen molar-refractivity contribution in [1.29, 1.82) is 0 Å². The highest BCUT2D eigenvalue weighted by molar-refractivity contribution is 6.03. The molecule has 0 aromatic heterocycles. The Morgan fingerprint density at radius 2 is 2.04 bits per heavy atom. The van der Waals surface area contributed by atoms with Crippen molar-refractivity contribution in [3.63, 3.8) is 0 Å². The molecule has 1 aromatic rings. The highest BCUT2D eigenvalue weighted by Crippen LogP contribution is 2.34. The number of nitrogens with one attached hydrogen (secondary N) is 2. The number of carbonyl (C=O) groups is 3. The molecule has 0 spiro atoms. The van der Waals surface area contributed by atoms with Crippen LogP contribution >= 0.6 is 0 Å². The van der Waals surface area contributed by atoms with Crippen LogP contribution < -0.4 is 20.3 Å². The summed E-state index contributed by atoms with van der Waals surface area (Å²) in [6.07, 6.45) is 0.190. The van der Waals surface area contributed by atoms with Gasteiger partial charge < -0.3 is 14.8 Å². The number of carbonyl (C=O) groups excluding carboxylic acids is 3. The lowest BCUT2D eigenvalue weighted by Crippen LogP contribution is -2.46. The number of hydrogen-bond acceptors (Lipinski definition) is 5. The van der Waals surface area contributed by atoms with Gasteiger partial charge in [0.25, 0.3) is 5.91 Å². The smallest absolute Gasteiger partial charge is 0.412 e. The minimum absolute atomic E-state index is 0.0216. The fraction of sp³-hybridized carbons (Fsp3) is 0.526. The van der Waals surface area contributed by atoms with Gasteiger partial charge in [0.15, 0.2) is 6.61 Å². The molecule has 8 nitrogen and oxygen atoms in total. The van der Waals surface area contributed by atoms with Gasteiger partial charge in [-0.05, 0) is 52.3 Å². The topological polar surface area (TPSA) is 97.0 Å². The fourth-order valence-electron chi connectivity index (χ4n) is 2.44. The molecule has 2 rings (SSSR count). The Balaban J connectivity index is 2.17. The van der Waals surface area contributed by atoms with Gasteiger partial charge in [-0.2, -0.15) is 0 Å². The number of anilines is 2. The third-order valence-corrected chi connectivity index (χ3v) is 3.87. The molecule has 0 radical (unpaired) electrons. The number of fused-ring (bicyclic) bond motifs is 1. The molecule has 1 unspecified atom stereocenters. The summed E-state index contributed by atoms with van der Waals surface area (Å²) in [6.45, 7) is 8.92. The lowest BCUT2D eigenvalue weighted by Gasteiger charge is -2.29. The summed E-state index contributed by atoms with van der Waals surface area (Å²) >= 11 is 0. The Kier molecular flexibility index (Phi) is 6.30. The molecule has 1 atom stereocenters. The molecule has 0 aliphatic carbocycles. The molecule has 0 bridgehead atoms. The predicted molar refractivity (Wildman–Crippen MR) is 102 cm³/mol. The standard InChI is InChI=1S/C19H27N3O5/c1-6-12(2)20-16(23)10-22-14-9-13(21-18(25)27-19(3,4)5)7-8-15(14)26-11-17(22)24/h7-9,12H,6,10-11H2,1-5H3,(H,20,23)(H,21,25). The summed E-state index contributed by atoms with van der Waals surface area (Å²) in [7, 11) is 0. The highest BCUT2D eigenvalue weighted by atomic mass is 16.6. The minimum Gasteiger partial charge on any atom is -0.482 e. The minimum atomic E-state index is -0.628. The molecule has 3 amide bonds. The van der Waals surface area contributed by atoms with Crippen molar-refractivity contribution in [2.24, 2.45) is 0 Å². The van der Waals surface area contributed by atoms with Crippen molar-refractivity contribution in [3.8, 4) is 5.75 Å². The van der Waals surface area contributed by atoms with Gasteiger partial charge in [-0.25, -0.2) is 4.79 Å². The molecule has 0 fully saturated rings. The third-order valence-electron chi connectivity index (χ3n) is 3.87. The zero-order valence-electron chi connectivity index (χ0n) is 16.4. The lowest BCUT2D eigenvalue weighted by molar-refractivity contribution is -0.125. The average Bonchev–Trinajstić information content (AvgIpc) is 2.55. The first-order valence-electron chi connectivity index (χ1n) is 8.95. The van der Waals surface area contributed by atoms with E-state index in [1.807, 2.05) is 13.8 Å². The Hall–Kier alpha value is -2.77. The van der Waals surface area contributed by atoms with Gasteiger partial charge in [0, 0.05) is 11.7 Å². The average molecular weight is 377 g/mol. The number of ether oxygens (including phenoxy) is 2. The van der Waals surface area contributed by atoms with E-state index in [9.17, 15) is 14.4 Å². The van der Waals surface area contributed by atoms with Crippen molar-refractivity contribution >= 4 is 29.3 Å². The van der Waals surface area contributed by atoms with E-state index in [2.05, 4.69) is 10.6 Å². The maximum Gasteiger partial charge on any atom is 0.412 e. The first-order chi connectivity index (χ1) is 12.6. The molecule has 1 aliphatic rings. The Bertz CT molecular complexity index is 727. The summed E-state index contributed by atoms with van der Waals surface area (Å²) < 4.78 is 10.7. The molecule has 1 aliphatic heterocycles. The van der Waals surface area contributed by atoms with Gasteiger partial charge in [0.1, 0.15) is 17.9 Å². The maximum absolute atomic E-state index is 12.3. The number of hydrogen-bond donors (Lipinski definition) is 2. The van der Waals surface area contributed by atoms with Crippen LogP contribution in [0, 0.1) is 0 Å². The van der Waals surface area contributed by atoms with E-state index in [0.29, 0.717) is 17.1 Å². The molecular formula is C19H27N3O5. The predicted octanol–water partition coefficient (Wildman–Crippen LogP) is 2.67. The summed E-state index contributed by atoms with van der Waals surface area (Å²) in [5, 5.41) is 5.46. The second-order valence-electron chi connectivity index (χ2n) is 7.45. The van der Waals surface area contributed by atoms with Gasteiger partial charge in [-0.1, -0.05) is 6.92 Å². The van der Waals surface area contributed by atoms with Crippen LogP contribution in [0.15, 0.2) is 18.2 Å². The van der Waals surface area contributed by atoms with Gasteiger partial charge in [-0.15, -0.1) is 0 Å². The van der Waals surface area contributed by atoms with E-state index in [1.165, 1.54) is 4.90 Å². The first-order valence-corrected chi connectivity index (χ1v) is 8.95. The van der Waals surface area contributed by atoms with E-state index in [-0.39, 0.29) is 31.0 Å². The largest absolute Gasteiger partial charge is 0.482 e. The Morgan fingerprint density at radius 3 is 2.67 bits per heavy atom. The molecular weight excluding hydrogens is 350 g/mol. The van der Waals surface area contributed by atoms with E-state index >= 15 is 0 Å². The van der Waals surface area contributed by atoms with Gasteiger partial charge in [0.2, 0.25) is 5.91 Å². The monoisotopic (exact) mass is 377 g/mol. The van der Waals surface area contributed by atoms with Crippen LogP contribution in [0.3, 0.4) is 0 Å². The maximum atomic E-state index is 12.3. The van der Waals surface area contributed by atoms with E-state index in [4.69, 9.17) is 9.47 Å². The van der Waals surface area contributed by atoms with Gasteiger partial charge in [-0.3, -0.25) is 19.8 Å². The van der Waals surface area contributed by atoms with Crippen LogP contribution in [-0.4, -0.2) is 42.7 Å². The second-order valence-corrected chi connectivity index (χ2v) is 7.45. The number of amides is 3. The van der Waals surface area contributed by atoms with E-state index in [0.717, 1.165) is 6.42 Å². The Morgan fingerprint density at radius 1 is 1.33 bits per heavy atom. The van der Waals surface area contributed by atoms with Crippen molar-refractivity contribution in [3.05, 3.63) is 18.2 Å². The van der Waals surface area contributed by atoms with Crippen molar-refractivity contribution in [2.75, 3.05) is 23.4 Å². The molecule has 0 saturated carbocycles. The molecule has 1 aromatic carbocycles. The van der Waals surface area contributed by atoms with Crippen LogP contribution in [0.2, 0.25) is 0 Å². The summed E-state index contributed by atoms with van der Waals surface area (Å²) in [5.41, 5.74) is 0.241. The normalized spacial score (nSPS) is 14.7. The lowest BCUT2D eigenvalue weighted by atomic mass is 10.2. The van der Waals surface area contributed by atoms with Crippen molar-refractivity contribution < 1.29 is 23.9 Å². The third kappa shape index (κ3) is 5.87. The zero-order chi connectivity index (χ0) is 20.2. The van der Waals surface area contributed by atoms with Crippen LogP contribution in [-0.2, 0) is 14.3 Å².